The number of rotatable bonds is 6. The molecule has 5 nitrogen and oxygen atoms in total. The number of hydrogen-bond donors (Lipinski definition) is 1. The van der Waals surface area contributed by atoms with E-state index in [1.54, 1.807) is 0 Å². The number of amides is 1. The van der Waals surface area contributed by atoms with Crippen molar-refractivity contribution in [3.8, 4) is 11.3 Å². The Morgan fingerprint density at radius 3 is 2.50 bits per heavy atom. The number of carbonyl (C=O) groups is 1. The van der Waals surface area contributed by atoms with Crippen LogP contribution in [0.25, 0.3) is 11.3 Å². The van der Waals surface area contributed by atoms with Gasteiger partial charge in [0, 0.05) is 37.1 Å². The minimum atomic E-state index is -4.48. The van der Waals surface area contributed by atoms with E-state index in [0.717, 1.165) is 46.4 Å². The van der Waals surface area contributed by atoms with Gasteiger partial charge in [-0.05, 0) is 32.2 Å². The second-order valence-corrected chi connectivity index (χ2v) is 10.3. The van der Waals surface area contributed by atoms with E-state index >= 15 is 0 Å². The Morgan fingerprint density at radius 1 is 1.12 bits per heavy atom. The number of piperazine rings is 1. The van der Waals surface area contributed by atoms with Crippen molar-refractivity contribution < 1.29 is 18.0 Å². The number of aryl methyl sites for hydroxylation is 1. The van der Waals surface area contributed by atoms with Crippen molar-refractivity contribution in [1.29, 1.82) is 0 Å². The second-order valence-electron chi connectivity index (χ2n) is 8.22. The maximum Gasteiger partial charge on any atom is 0.416 e. The van der Waals surface area contributed by atoms with Gasteiger partial charge < -0.3 is 15.1 Å². The Balaban J connectivity index is 1.45. The fourth-order valence-corrected chi connectivity index (χ4v) is 5.26. The van der Waals surface area contributed by atoms with Crippen LogP contribution in [0.4, 0.5) is 24.5 Å². The summed E-state index contributed by atoms with van der Waals surface area (Å²) in [4.78, 5) is 21.4. The number of aromatic nitrogens is 1. The maximum atomic E-state index is 13.3. The first-order chi connectivity index (χ1) is 16.2. The van der Waals surface area contributed by atoms with E-state index in [4.69, 9.17) is 0 Å². The van der Waals surface area contributed by atoms with Gasteiger partial charge in [-0.15, -0.1) is 11.3 Å². The average Bonchev–Trinajstić information content (AvgIpc) is 3.27. The van der Waals surface area contributed by atoms with Gasteiger partial charge in [-0.25, -0.2) is 4.98 Å². The Labute approximate surface area is 205 Å². The predicted molar refractivity (Wildman–Crippen MR) is 133 cm³/mol. The van der Waals surface area contributed by atoms with Gasteiger partial charge >= 0.3 is 6.18 Å². The van der Waals surface area contributed by atoms with Crippen LogP contribution in [0.1, 0.15) is 11.1 Å². The first kappa shape index (κ1) is 24.6. The van der Waals surface area contributed by atoms with Crippen LogP contribution in [0.15, 0.2) is 52.2 Å². The summed E-state index contributed by atoms with van der Waals surface area (Å²) in [6.07, 6.45) is -4.48. The highest BCUT2D eigenvalue weighted by Crippen LogP contribution is 2.36. The smallest absolute Gasteiger partial charge is 0.367 e. The molecule has 10 heteroatoms. The molecule has 0 unspecified atom stereocenters. The summed E-state index contributed by atoms with van der Waals surface area (Å²) in [7, 11) is 2.01. The molecule has 2 aromatic carbocycles. The lowest BCUT2D eigenvalue weighted by Gasteiger charge is -2.35. The molecule has 34 heavy (non-hydrogen) atoms. The molecule has 0 aliphatic carbocycles. The van der Waals surface area contributed by atoms with Gasteiger partial charge in [0.25, 0.3) is 0 Å². The lowest BCUT2D eigenvalue weighted by Crippen LogP contribution is -2.44. The first-order valence-electron chi connectivity index (χ1n) is 10.8. The van der Waals surface area contributed by atoms with E-state index in [0.29, 0.717) is 18.8 Å². The number of likely N-dealkylation sites (N-methyl/N-ethyl adjacent to an activating group) is 1. The Kier molecular flexibility index (Phi) is 7.49. The van der Waals surface area contributed by atoms with Crippen LogP contribution < -0.4 is 10.2 Å². The molecule has 3 aromatic rings. The van der Waals surface area contributed by atoms with Gasteiger partial charge in [-0.1, -0.05) is 41.6 Å². The van der Waals surface area contributed by atoms with E-state index in [-0.39, 0.29) is 17.3 Å². The first-order valence-corrected chi connectivity index (χ1v) is 12.7. The van der Waals surface area contributed by atoms with Gasteiger partial charge in [0.2, 0.25) is 5.91 Å². The van der Waals surface area contributed by atoms with Crippen LogP contribution in [0.5, 0.6) is 0 Å². The van der Waals surface area contributed by atoms with Crippen molar-refractivity contribution in [2.45, 2.75) is 17.4 Å². The van der Waals surface area contributed by atoms with Crippen LogP contribution in [0.2, 0.25) is 0 Å². The fraction of sp³-hybridized carbons (Fsp3) is 0.333. The Hall–Kier alpha value is -2.56. The molecule has 1 amide bonds. The molecule has 0 atom stereocenters. The molecule has 180 valence electrons. The van der Waals surface area contributed by atoms with E-state index in [1.165, 1.54) is 29.2 Å². The highest BCUT2D eigenvalue weighted by atomic mass is 32.2. The highest BCUT2D eigenvalue weighted by Gasteiger charge is 2.32. The van der Waals surface area contributed by atoms with Crippen molar-refractivity contribution >= 4 is 40.4 Å². The summed E-state index contributed by atoms with van der Waals surface area (Å²) in [6, 6.07) is 11.6. The summed E-state index contributed by atoms with van der Waals surface area (Å²) < 4.78 is 40.7. The number of thioether (sulfide) groups is 1. The summed E-state index contributed by atoms with van der Waals surface area (Å²) in [5, 5.41) is 4.64. The average molecular weight is 507 g/mol. The van der Waals surface area contributed by atoms with Crippen LogP contribution in [0, 0.1) is 6.92 Å². The number of carbonyl (C=O) groups excluding carboxylic acids is 1. The van der Waals surface area contributed by atoms with Crippen molar-refractivity contribution in [3.63, 3.8) is 0 Å². The molecule has 1 aliphatic rings. The zero-order chi connectivity index (χ0) is 24.3. The summed E-state index contributed by atoms with van der Waals surface area (Å²) in [6.45, 7) is 4.99. The zero-order valence-electron chi connectivity index (χ0n) is 18.9. The number of benzene rings is 2. The van der Waals surface area contributed by atoms with E-state index in [1.807, 2.05) is 48.5 Å². The molecule has 0 spiro atoms. The molecule has 1 aromatic heterocycles. The van der Waals surface area contributed by atoms with E-state index < -0.39 is 11.7 Å². The minimum absolute atomic E-state index is 0.0548. The molecule has 0 radical (unpaired) electrons. The van der Waals surface area contributed by atoms with Crippen LogP contribution in [-0.2, 0) is 11.0 Å². The normalized spacial score (nSPS) is 14.9. The third-order valence-corrected chi connectivity index (χ3v) is 7.62. The van der Waals surface area contributed by atoms with Crippen molar-refractivity contribution in [2.75, 3.05) is 49.2 Å². The van der Waals surface area contributed by atoms with E-state index in [2.05, 4.69) is 15.2 Å². The summed E-state index contributed by atoms with van der Waals surface area (Å²) in [5.74, 6) is -0.314. The number of nitrogens with zero attached hydrogens (tertiary/aromatic N) is 3. The molecule has 4 rings (SSSR count). The largest absolute Gasteiger partial charge is 0.416 e. The quantitative estimate of drug-likeness (QED) is 0.440. The van der Waals surface area contributed by atoms with Crippen LogP contribution in [0.3, 0.4) is 0 Å². The molecule has 1 saturated heterocycles. The van der Waals surface area contributed by atoms with E-state index in [9.17, 15) is 18.0 Å². The highest BCUT2D eigenvalue weighted by molar-refractivity contribution is 8.01. The Bertz CT molecular complexity index is 1140. The minimum Gasteiger partial charge on any atom is -0.367 e. The van der Waals surface area contributed by atoms with Crippen LogP contribution >= 0.6 is 23.1 Å². The molecular formula is C24H25F3N4OS2. The molecule has 1 aliphatic heterocycles. The number of hydrogen-bond acceptors (Lipinski definition) is 6. The SMILES string of the molecule is Cc1ccc(-c2csc(SCC(=O)Nc3cc(C(F)(F)F)ccc3N3CCN(C)CC3)n2)cc1. The van der Waals surface area contributed by atoms with Gasteiger partial charge in [0.15, 0.2) is 4.34 Å². The number of anilines is 2. The lowest BCUT2D eigenvalue weighted by molar-refractivity contribution is -0.137. The van der Waals surface area contributed by atoms with Gasteiger partial charge in [-0.3, -0.25) is 4.79 Å². The zero-order valence-corrected chi connectivity index (χ0v) is 20.5. The number of nitrogens with one attached hydrogen (secondary N) is 1. The van der Waals surface area contributed by atoms with Gasteiger partial charge in [0.1, 0.15) is 0 Å². The molecule has 0 bridgehead atoms. The van der Waals surface area contributed by atoms with Crippen molar-refractivity contribution in [3.05, 3.63) is 59.0 Å². The van der Waals surface area contributed by atoms with Crippen LogP contribution in [-0.4, -0.2) is 54.8 Å². The number of halogens is 3. The summed E-state index contributed by atoms with van der Waals surface area (Å²) >= 11 is 2.71. The van der Waals surface area contributed by atoms with Crippen molar-refractivity contribution in [2.24, 2.45) is 0 Å². The van der Waals surface area contributed by atoms with Gasteiger partial charge in [0.05, 0.1) is 28.4 Å². The second kappa shape index (κ2) is 10.4. The van der Waals surface area contributed by atoms with Gasteiger partial charge in [-0.2, -0.15) is 13.2 Å². The molecule has 0 saturated carbocycles. The third kappa shape index (κ3) is 6.11. The molecule has 1 N–H and O–H groups in total. The predicted octanol–water partition coefficient (Wildman–Crippen LogP) is 5.62. The monoisotopic (exact) mass is 506 g/mol. The lowest BCUT2D eigenvalue weighted by atomic mass is 10.1. The Morgan fingerprint density at radius 2 is 1.82 bits per heavy atom. The summed E-state index contributed by atoms with van der Waals surface area (Å²) in [5.41, 5.74) is 3.01. The molecular weight excluding hydrogens is 481 g/mol. The third-order valence-electron chi connectivity index (χ3n) is 5.60. The number of thiazole rings is 1. The fourth-order valence-electron chi connectivity index (χ4n) is 3.63. The molecule has 2 heterocycles. The topological polar surface area (TPSA) is 48.5 Å². The standard InChI is InChI=1S/C24H25F3N4OS2/c1-16-3-5-17(6-4-16)20-14-33-23(29-20)34-15-22(32)28-19-13-18(24(25,26)27)7-8-21(19)31-11-9-30(2)10-12-31/h3-8,13-14H,9-12,15H2,1-2H3,(H,28,32). The number of alkyl halides is 3. The molecule has 1 fully saturated rings. The maximum absolute atomic E-state index is 13.3. The van der Waals surface area contributed by atoms with Crippen molar-refractivity contribution in [1.82, 2.24) is 9.88 Å².